The molecule has 0 saturated heterocycles. The first-order chi connectivity index (χ1) is 8.95. The summed E-state index contributed by atoms with van der Waals surface area (Å²) in [5.74, 6) is -0.522. The third-order valence-electron chi connectivity index (χ3n) is 2.03. The number of nitro groups is 1. The number of nitrogens with zero attached hydrogens (tertiary/aromatic N) is 3. The molecule has 2 N–H and O–H groups in total. The van der Waals surface area contributed by atoms with E-state index in [1.165, 1.54) is 6.07 Å². The number of hydrogen-bond donors (Lipinski definition) is 2. The predicted octanol–water partition coefficient (Wildman–Crippen LogP) is 2.27. The molecule has 0 aliphatic carbocycles. The molecule has 0 saturated carbocycles. The first kappa shape index (κ1) is 13.2. The van der Waals surface area contributed by atoms with Crippen molar-refractivity contribution in [1.82, 2.24) is 15.0 Å². The lowest BCUT2D eigenvalue weighted by Gasteiger charge is -2.02. The number of rotatable bonds is 3. The third kappa shape index (κ3) is 3.18. The van der Waals surface area contributed by atoms with Gasteiger partial charge >= 0.3 is 0 Å². The maximum Gasteiger partial charge on any atom is 0.287 e. The van der Waals surface area contributed by atoms with Crippen molar-refractivity contribution in [3.63, 3.8) is 0 Å². The molecule has 0 fully saturated rings. The van der Waals surface area contributed by atoms with E-state index in [0.717, 1.165) is 12.3 Å². The molecule has 1 amide bonds. The summed E-state index contributed by atoms with van der Waals surface area (Å²) in [7, 11) is 0. The fourth-order valence-corrected chi connectivity index (χ4v) is 1.67. The highest BCUT2D eigenvalue weighted by atomic mass is 35.5. The van der Waals surface area contributed by atoms with E-state index in [2.05, 4.69) is 20.3 Å². The molecule has 2 aromatic heterocycles. The second kappa shape index (κ2) is 5.21. The molecule has 2 heterocycles. The lowest BCUT2D eigenvalue weighted by Crippen LogP contribution is -2.13. The van der Waals surface area contributed by atoms with Gasteiger partial charge in [0.1, 0.15) is 16.7 Å². The second-order valence-corrected chi connectivity index (χ2v) is 4.05. The van der Waals surface area contributed by atoms with E-state index in [9.17, 15) is 14.9 Å². The highest BCUT2D eigenvalue weighted by Crippen LogP contribution is 2.16. The summed E-state index contributed by atoms with van der Waals surface area (Å²) in [6.07, 6.45) is 1.11. The van der Waals surface area contributed by atoms with Crippen molar-refractivity contribution in [1.29, 1.82) is 0 Å². The molecule has 0 aliphatic rings. The zero-order chi connectivity index (χ0) is 14.0. The largest absolute Gasteiger partial charge is 0.351 e. The van der Waals surface area contributed by atoms with E-state index in [-0.39, 0.29) is 27.6 Å². The van der Waals surface area contributed by atoms with Crippen LogP contribution < -0.4 is 5.32 Å². The van der Waals surface area contributed by atoms with Crippen molar-refractivity contribution in [3.8, 4) is 0 Å². The zero-order valence-corrected chi connectivity index (χ0v) is 10.6. The van der Waals surface area contributed by atoms with Crippen molar-refractivity contribution < 1.29 is 9.72 Å². The van der Waals surface area contributed by atoms with E-state index >= 15 is 0 Å². The van der Waals surface area contributed by atoms with Crippen molar-refractivity contribution in [2.45, 2.75) is 0 Å². The van der Waals surface area contributed by atoms with Crippen LogP contribution in [0.5, 0.6) is 0 Å². The van der Waals surface area contributed by atoms with Crippen LogP contribution >= 0.6 is 23.2 Å². The Morgan fingerprint density at radius 1 is 1.37 bits per heavy atom. The summed E-state index contributed by atoms with van der Waals surface area (Å²) < 4.78 is 0. The molecule has 19 heavy (non-hydrogen) atoms. The van der Waals surface area contributed by atoms with Crippen LogP contribution in [-0.4, -0.2) is 25.8 Å². The smallest absolute Gasteiger partial charge is 0.287 e. The summed E-state index contributed by atoms with van der Waals surface area (Å²) in [6, 6.07) is 2.39. The minimum Gasteiger partial charge on any atom is -0.351 e. The molecule has 0 aliphatic heterocycles. The Balaban J connectivity index is 2.18. The molecule has 0 bridgehead atoms. The van der Waals surface area contributed by atoms with Gasteiger partial charge in [0.25, 0.3) is 11.6 Å². The number of amides is 1. The quantitative estimate of drug-likeness (QED) is 0.391. The third-order valence-corrected chi connectivity index (χ3v) is 2.40. The van der Waals surface area contributed by atoms with Crippen LogP contribution in [0.15, 0.2) is 18.3 Å². The van der Waals surface area contributed by atoms with E-state index < -0.39 is 10.8 Å². The summed E-state index contributed by atoms with van der Waals surface area (Å²) in [6.45, 7) is 0. The van der Waals surface area contributed by atoms with Crippen LogP contribution in [0.1, 0.15) is 10.5 Å². The average molecular weight is 302 g/mol. The molecule has 0 radical (unpaired) electrons. The van der Waals surface area contributed by atoms with E-state index in [1.54, 1.807) is 0 Å². The Hall–Kier alpha value is -2.19. The standard InChI is InChI=1S/C9H5Cl2N5O3/c10-6-2-7(15-9(11)13-6)14-8(17)5-1-4(3-12-5)16(18)19/h1-3,12H,(H,13,14,15,17). The summed E-state index contributed by atoms with van der Waals surface area (Å²) in [5.41, 5.74) is -0.207. The van der Waals surface area contributed by atoms with Crippen molar-refractivity contribution >= 4 is 40.6 Å². The topological polar surface area (TPSA) is 114 Å². The number of carbonyl (C=O) groups is 1. The molecule has 0 atom stereocenters. The number of halogens is 2. The Labute approximate surface area is 115 Å². The number of aromatic nitrogens is 3. The van der Waals surface area contributed by atoms with Gasteiger partial charge < -0.3 is 10.3 Å². The van der Waals surface area contributed by atoms with Crippen LogP contribution in [0, 0.1) is 10.1 Å². The number of nitrogens with one attached hydrogen (secondary N) is 2. The van der Waals surface area contributed by atoms with E-state index in [1.807, 2.05) is 0 Å². The predicted molar refractivity (Wildman–Crippen MR) is 67.5 cm³/mol. The first-order valence-electron chi connectivity index (χ1n) is 4.80. The number of carbonyl (C=O) groups excluding carboxylic acids is 1. The fourth-order valence-electron chi connectivity index (χ4n) is 1.26. The van der Waals surface area contributed by atoms with Gasteiger partial charge in [-0.2, -0.15) is 0 Å². The van der Waals surface area contributed by atoms with Crippen LogP contribution in [0.2, 0.25) is 10.4 Å². The zero-order valence-electron chi connectivity index (χ0n) is 9.05. The first-order valence-corrected chi connectivity index (χ1v) is 5.55. The van der Waals surface area contributed by atoms with Gasteiger partial charge in [0.05, 0.1) is 11.1 Å². The molecule has 10 heteroatoms. The Morgan fingerprint density at radius 2 is 2.11 bits per heavy atom. The van der Waals surface area contributed by atoms with Gasteiger partial charge in [-0.15, -0.1) is 0 Å². The normalized spacial score (nSPS) is 10.2. The van der Waals surface area contributed by atoms with Crippen molar-refractivity contribution in [2.24, 2.45) is 0 Å². The SMILES string of the molecule is O=C(Nc1cc(Cl)nc(Cl)n1)c1cc([N+](=O)[O-])c[nH]1. The molecular weight excluding hydrogens is 297 g/mol. The highest BCUT2D eigenvalue weighted by Gasteiger charge is 2.15. The molecule has 0 aromatic carbocycles. The van der Waals surface area contributed by atoms with Gasteiger partial charge in [-0.05, 0) is 11.6 Å². The molecule has 0 unspecified atom stereocenters. The molecule has 0 spiro atoms. The van der Waals surface area contributed by atoms with Crippen molar-refractivity contribution in [3.05, 3.63) is 44.6 Å². The lowest BCUT2D eigenvalue weighted by atomic mass is 10.4. The van der Waals surface area contributed by atoms with E-state index in [4.69, 9.17) is 23.2 Å². The Morgan fingerprint density at radius 3 is 2.68 bits per heavy atom. The maximum atomic E-state index is 11.8. The van der Waals surface area contributed by atoms with Gasteiger partial charge in [0, 0.05) is 12.1 Å². The average Bonchev–Trinajstić information content (AvgIpc) is 2.76. The molecular formula is C9H5Cl2N5O3. The monoisotopic (exact) mass is 301 g/mol. The molecule has 2 aromatic rings. The Kier molecular flexibility index (Phi) is 3.63. The van der Waals surface area contributed by atoms with Gasteiger partial charge in [-0.1, -0.05) is 11.6 Å². The minimum atomic E-state index is -0.619. The number of aromatic amines is 1. The molecule has 98 valence electrons. The number of H-pyrrole nitrogens is 1. The van der Waals surface area contributed by atoms with Gasteiger partial charge in [0.2, 0.25) is 5.28 Å². The van der Waals surface area contributed by atoms with Gasteiger partial charge in [-0.25, -0.2) is 9.97 Å². The van der Waals surface area contributed by atoms with Gasteiger partial charge in [0.15, 0.2) is 0 Å². The fraction of sp³-hybridized carbons (Fsp3) is 0. The van der Waals surface area contributed by atoms with Crippen LogP contribution in [0.25, 0.3) is 0 Å². The highest BCUT2D eigenvalue weighted by molar-refractivity contribution is 6.32. The number of anilines is 1. The summed E-state index contributed by atoms with van der Waals surface area (Å²) in [5, 5.41) is 12.8. The van der Waals surface area contributed by atoms with Gasteiger partial charge in [-0.3, -0.25) is 14.9 Å². The molecule has 8 nitrogen and oxygen atoms in total. The van der Waals surface area contributed by atoms with E-state index in [0.29, 0.717) is 0 Å². The minimum absolute atomic E-state index is 0.0116. The summed E-state index contributed by atoms with van der Waals surface area (Å²) in [4.78, 5) is 31.4. The van der Waals surface area contributed by atoms with Crippen LogP contribution in [0.3, 0.4) is 0 Å². The Bertz CT molecular complexity index is 637. The van der Waals surface area contributed by atoms with Crippen molar-refractivity contribution in [2.75, 3.05) is 5.32 Å². The number of hydrogen-bond acceptors (Lipinski definition) is 5. The maximum absolute atomic E-state index is 11.8. The molecule has 2 rings (SSSR count). The lowest BCUT2D eigenvalue weighted by molar-refractivity contribution is -0.384. The van der Waals surface area contributed by atoms with Crippen LogP contribution in [0.4, 0.5) is 11.5 Å². The summed E-state index contributed by atoms with van der Waals surface area (Å²) >= 11 is 11.2. The van der Waals surface area contributed by atoms with Crippen LogP contribution in [-0.2, 0) is 0 Å². The second-order valence-electron chi connectivity index (χ2n) is 3.33.